The first kappa shape index (κ1) is 16.9. The molecule has 3 heteroatoms. The molecule has 0 aliphatic carbocycles. The number of benzene rings is 4. The normalized spacial score (nSPS) is 9.74. The van der Waals surface area contributed by atoms with Crippen LogP contribution < -0.4 is 0 Å². The van der Waals surface area contributed by atoms with E-state index in [1.807, 2.05) is 0 Å². The van der Waals surface area contributed by atoms with Gasteiger partial charge in [0.15, 0.2) is 0 Å². The maximum Gasteiger partial charge on any atom is 0.115 e. The fourth-order valence-corrected chi connectivity index (χ4v) is 2.34. The molecule has 0 aromatic heterocycles. The van der Waals surface area contributed by atoms with Crippen LogP contribution in [0.15, 0.2) is 84.9 Å². The molecule has 0 saturated heterocycles. The van der Waals surface area contributed by atoms with Crippen LogP contribution in [0.3, 0.4) is 0 Å². The van der Waals surface area contributed by atoms with E-state index in [0.29, 0.717) is 0 Å². The maximum atomic E-state index is 8.65. The molecule has 2 N–H and O–H groups in total. The van der Waals surface area contributed by atoms with E-state index in [1.165, 1.54) is 45.8 Å². The quantitative estimate of drug-likeness (QED) is 0.263. The van der Waals surface area contributed by atoms with Crippen LogP contribution in [-0.2, 0) is 17.1 Å². The molecule has 4 aromatic carbocycles. The average Bonchev–Trinajstić information content (AvgIpc) is 2.56. The summed E-state index contributed by atoms with van der Waals surface area (Å²) >= 11 is 0. The Bertz CT molecular complexity index is 776. The van der Waals surface area contributed by atoms with Crippen LogP contribution in [0.25, 0.3) is 21.5 Å². The van der Waals surface area contributed by atoms with Gasteiger partial charge in [-0.1, -0.05) is 48.5 Å². The predicted octanol–water partition coefficient (Wildman–Crippen LogP) is 5.09. The van der Waals surface area contributed by atoms with Gasteiger partial charge < -0.3 is 10.2 Å². The molecule has 4 rings (SSSR count). The zero-order valence-corrected chi connectivity index (χ0v) is 13.2. The molecule has 23 heavy (non-hydrogen) atoms. The molecule has 0 fully saturated rings. The van der Waals surface area contributed by atoms with E-state index < -0.39 is 0 Å². The van der Waals surface area contributed by atoms with Gasteiger partial charge in [0.2, 0.25) is 0 Å². The third-order valence-electron chi connectivity index (χ3n) is 3.46. The second-order valence-corrected chi connectivity index (χ2v) is 5.06. The molecular formula is C20H16CuO2. The van der Waals surface area contributed by atoms with E-state index in [4.69, 9.17) is 10.2 Å². The first-order valence-electron chi connectivity index (χ1n) is 7.08. The summed E-state index contributed by atoms with van der Waals surface area (Å²) in [5.41, 5.74) is 0. The number of phenols is 2. The number of rotatable bonds is 0. The minimum absolute atomic E-state index is 0. The summed E-state index contributed by atoms with van der Waals surface area (Å²) in [5.74, 6) is 0.339. The molecule has 0 aliphatic heterocycles. The van der Waals surface area contributed by atoms with Crippen molar-refractivity contribution in [2.24, 2.45) is 0 Å². The van der Waals surface area contributed by atoms with Gasteiger partial charge in [0.25, 0.3) is 0 Å². The Labute approximate surface area is 145 Å². The summed E-state index contributed by atoms with van der Waals surface area (Å²) in [5, 5.41) is 22.5. The van der Waals surface area contributed by atoms with Crippen molar-refractivity contribution in [3.8, 4) is 11.5 Å². The molecule has 0 bridgehead atoms. The van der Waals surface area contributed by atoms with Gasteiger partial charge in [-0.25, -0.2) is 0 Å². The monoisotopic (exact) mass is 351 g/mol. The second kappa shape index (κ2) is 7.68. The zero-order chi connectivity index (χ0) is 15.4. The molecule has 4 aromatic rings. The molecule has 2 nitrogen and oxygen atoms in total. The van der Waals surface area contributed by atoms with Gasteiger partial charge in [-0.2, -0.15) is 0 Å². The summed E-state index contributed by atoms with van der Waals surface area (Å²) in [6.07, 6.45) is 0. The first-order chi connectivity index (χ1) is 10.7. The summed E-state index contributed by atoms with van der Waals surface area (Å²) in [4.78, 5) is 0. The number of phenolic OH excluding ortho intramolecular Hbond substituents is 2. The van der Waals surface area contributed by atoms with Crippen molar-refractivity contribution in [3.05, 3.63) is 84.9 Å². The molecule has 119 valence electrons. The Balaban J connectivity index is 0.000000185. The molecular weight excluding hydrogens is 336 g/mol. The van der Waals surface area contributed by atoms with E-state index >= 15 is 0 Å². The van der Waals surface area contributed by atoms with Gasteiger partial charge in [-0.05, 0) is 57.9 Å². The largest absolute Gasteiger partial charge is 0.508 e. The van der Waals surface area contributed by atoms with Crippen molar-refractivity contribution in [3.63, 3.8) is 0 Å². The van der Waals surface area contributed by atoms with Gasteiger partial charge in [0.05, 0.1) is 0 Å². The van der Waals surface area contributed by atoms with Gasteiger partial charge in [0, 0.05) is 17.1 Å². The van der Waals surface area contributed by atoms with Crippen molar-refractivity contribution >= 4 is 21.5 Å². The van der Waals surface area contributed by atoms with Crippen LogP contribution in [0.1, 0.15) is 0 Å². The number of hydrogen-bond donors (Lipinski definition) is 2. The molecule has 0 unspecified atom stereocenters. The molecule has 0 aliphatic rings. The molecule has 0 spiro atoms. The Morgan fingerprint density at radius 2 is 0.696 bits per heavy atom. The topological polar surface area (TPSA) is 40.5 Å². The molecule has 0 atom stereocenters. The SMILES string of the molecule is Oc1ccc(O)cc1.[Cu].c1ccc2cc3ccccc3cc2c1. The van der Waals surface area contributed by atoms with Crippen LogP contribution in [0, 0.1) is 0 Å². The Morgan fingerprint density at radius 1 is 0.435 bits per heavy atom. The Morgan fingerprint density at radius 3 is 0.957 bits per heavy atom. The van der Waals surface area contributed by atoms with Crippen LogP contribution in [0.4, 0.5) is 0 Å². The fraction of sp³-hybridized carbons (Fsp3) is 0. The Kier molecular flexibility index (Phi) is 5.64. The van der Waals surface area contributed by atoms with E-state index in [2.05, 4.69) is 60.7 Å². The number of hydrogen-bond acceptors (Lipinski definition) is 2. The van der Waals surface area contributed by atoms with Crippen molar-refractivity contribution in [1.82, 2.24) is 0 Å². The Hall–Kier alpha value is -2.48. The van der Waals surface area contributed by atoms with Crippen LogP contribution >= 0.6 is 0 Å². The van der Waals surface area contributed by atoms with Crippen molar-refractivity contribution in [2.75, 3.05) is 0 Å². The fourth-order valence-electron chi connectivity index (χ4n) is 2.34. The summed E-state index contributed by atoms with van der Waals surface area (Å²) < 4.78 is 0. The standard InChI is InChI=1S/C14H10.C6H6O2.Cu/c1-2-6-12-10-14-8-4-3-7-13(14)9-11(12)5-1;7-5-1-2-6(8)4-3-5;/h1-10H;1-4,7-8H;. The molecule has 0 heterocycles. The van der Waals surface area contributed by atoms with Gasteiger partial charge >= 0.3 is 0 Å². The second-order valence-electron chi connectivity index (χ2n) is 5.06. The smallest absolute Gasteiger partial charge is 0.115 e. The zero-order valence-electron chi connectivity index (χ0n) is 12.3. The van der Waals surface area contributed by atoms with Crippen molar-refractivity contribution in [1.29, 1.82) is 0 Å². The van der Waals surface area contributed by atoms with E-state index in [0.717, 1.165) is 0 Å². The predicted molar refractivity (Wildman–Crippen MR) is 91.2 cm³/mol. The summed E-state index contributed by atoms with van der Waals surface area (Å²) in [7, 11) is 0. The van der Waals surface area contributed by atoms with E-state index in [1.54, 1.807) is 0 Å². The minimum Gasteiger partial charge on any atom is -0.508 e. The van der Waals surface area contributed by atoms with Gasteiger partial charge in [-0.3, -0.25) is 0 Å². The summed E-state index contributed by atoms with van der Waals surface area (Å²) in [6, 6.07) is 27.1. The van der Waals surface area contributed by atoms with Crippen LogP contribution in [0.2, 0.25) is 0 Å². The maximum absolute atomic E-state index is 8.65. The number of aromatic hydroxyl groups is 2. The first-order valence-corrected chi connectivity index (χ1v) is 7.08. The van der Waals surface area contributed by atoms with Crippen LogP contribution in [0.5, 0.6) is 11.5 Å². The number of fused-ring (bicyclic) bond motifs is 2. The van der Waals surface area contributed by atoms with Crippen molar-refractivity contribution < 1.29 is 27.3 Å². The molecule has 1 radical (unpaired) electrons. The third kappa shape index (κ3) is 4.26. The molecule has 0 amide bonds. The van der Waals surface area contributed by atoms with Gasteiger partial charge in [-0.15, -0.1) is 0 Å². The van der Waals surface area contributed by atoms with E-state index in [-0.39, 0.29) is 28.6 Å². The molecule has 0 saturated carbocycles. The summed E-state index contributed by atoms with van der Waals surface area (Å²) in [6.45, 7) is 0. The van der Waals surface area contributed by atoms with Gasteiger partial charge in [0.1, 0.15) is 11.5 Å². The average molecular weight is 352 g/mol. The van der Waals surface area contributed by atoms with Crippen LogP contribution in [-0.4, -0.2) is 10.2 Å². The third-order valence-corrected chi connectivity index (χ3v) is 3.46. The van der Waals surface area contributed by atoms with Crippen molar-refractivity contribution in [2.45, 2.75) is 0 Å². The minimum atomic E-state index is 0. The van der Waals surface area contributed by atoms with E-state index in [9.17, 15) is 0 Å².